The van der Waals surface area contributed by atoms with Crippen molar-refractivity contribution < 1.29 is 9.59 Å². The van der Waals surface area contributed by atoms with Crippen molar-refractivity contribution >= 4 is 11.8 Å². The summed E-state index contributed by atoms with van der Waals surface area (Å²) in [6, 6.07) is 11.9. The fourth-order valence-corrected chi connectivity index (χ4v) is 4.42. The van der Waals surface area contributed by atoms with E-state index >= 15 is 0 Å². The Morgan fingerprint density at radius 3 is 2.52 bits per heavy atom. The van der Waals surface area contributed by atoms with E-state index in [4.69, 9.17) is 0 Å². The molecule has 2 aromatic heterocycles. The van der Waals surface area contributed by atoms with Crippen LogP contribution in [0, 0.1) is 0 Å². The Morgan fingerprint density at radius 1 is 1.03 bits per heavy atom. The van der Waals surface area contributed by atoms with Gasteiger partial charge >= 0.3 is 0 Å². The van der Waals surface area contributed by atoms with Crippen LogP contribution in [0.5, 0.6) is 0 Å². The van der Waals surface area contributed by atoms with Gasteiger partial charge in [-0.2, -0.15) is 0 Å². The third-order valence-corrected chi connectivity index (χ3v) is 5.81. The van der Waals surface area contributed by atoms with Crippen molar-refractivity contribution in [3.63, 3.8) is 0 Å². The zero-order valence-electron chi connectivity index (χ0n) is 17.7. The Bertz CT molecular complexity index is 1070. The van der Waals surface area contributed by atoms with E-state index in [-0.39, 0.29) is 17.5 Å². The highest BCUT2D eigenvalue weighted by atomic mass is 16.2. The lowest BCUT2D eigenvalue weighted by molar-refractivity contribution is -0.139. The molecule has 4 rings (SSSR count). The summed E-state index contributed by atoms with van der Waals surface area (Å²) in [5.74, 6) is -0.339. The lowest BCUT2D eigenvalue weighted by Gasteiger charge is -2.39. The Hall–Kier alpha value is -3.61. The molecule has 7 heteroatoms. The highest BCUT2D eigenvalue weighted by Crippen LogP contribution is 2.37. The fourth-order valence-electron chi connectivity index (χ4n) is 4.42. The summed E-state index contributed by atoms with van der Waals surface area (Å²) in [4.78, 5) is 42.5. The molecule has 1 unspecified atom stereocenters. The maximum absolute atomic E-state index is 13.6. The minimum absolute atomic E-state index is 0.0771. The SMILES string of the molecule is CN(C)C(=O)C1(Cc2ccccc2-c2ccncc2)CCCN1C(=O)c1cnccn1. The van der Waals surface area contributed by atoms with Crippen molar-refractivity contribution in [1.82, 2.24) is 24.8 Å². The number of benzene rings is 1. The van der Waals surface area contributed by atoms with E-state index in [0.29, 0.717) is 19.4 Å². The number of aromatic nitrogens is 3. The van der Waals surface area contributed by atoms with Gasteiger partial charge in [-0.05, 0) is 41.7 Å². The Labute approximate surface area is 181 Å². The molecule has 0 bridgehead atoms. The minimum atomic E-state index is -0.971. The summed E-state index contributed by atoms with van der Waals surface area (Å²) >= 11 is 0. The summed E-state index contributed by atoms with van der Waals surface area (Å²) in [6.07, 6.45) is 9.77. The van der Waals surface area contributed by atoms with E-state index in [0.717, 1.165) is 23.1 Å². The zero-order valence-corrected chi connectivity index (χ0v) is 17.7. The topological polar surface area (TPSA) is 79.3 Å². The number of carbonyl (C=O) groups is 2. The molecule has 158 valence electrons. The first-order valence-corrected chi connectivity index (χ1v) is 10.3. The van der Waals surface area contributed by atoms with Gasteiger partial charge in [-0.15, -0.1) is 0 Å². The second kappa shape index (κ2) is 8.63. The molecular formula is C24H25N5O2. The van der Waals surface area contributed by atoms with Gasteiger partial charge in [0.25, 0.3) is 5.91 Å². The monoisotopic (exact) mass is 415 g/mol. The van der Waals surface area contributed by atoms with Crippen molar-refractivity contribution in [2.24, 2.45) is 0 Å². The average molecular weight is 415 g/mol. The summed E-state index contributed by atoms with van der Waals surface area (Å²) in [7, 11) is 3.48. The largest absolute Gasteiger partial charge is 0.347 e. The summed E-state index contributed by atoms with van der Waals surface area (Å²) in [6.45, 7) is 0.506. The summed E-state index contributed by atoms with van der Waals surface area (Å²) in [5.41, 5.74) is 2.37. The molecule has 3 aromatic rings. The number of nitrogens with zero attached hydrogens (tertiary/aromatic N) is 5. The molecule has 7 nitrogen and oxygen atoms in total. The standard InChI is InChI=1S/C24H25N5O2/c1-28(2)23(31)24(10-5-15-29(24)22(30)21-17-26-13-14-27-21)16-19-6-3-4-7-20(19)18-8-11-25-12-9-18/h3-4,6-9,11-14,17H,5,10,15-16H2,1-2H3. The number of likely N-dealkylation sites (N-methyl/N-ethyl adjacent to an activating group) is 1. The number of pyridine rings is 1. The normalized spacial score (nSPS) is 18.1. The predicted molar refractivity (Wildman–Crippen MR) is 117 cm³/mol. The van der Waals surface area contributed by atoms with Crippen LogP contribution in [0.15, 0.2) is 67.4 Å². The maximum atomic E-state index is 13.6. The van der Waals surface area contributed by atoms with E-state index in [2.05, 4.69) is 15.0 Å². The molecule has 0 spiro atoms. The first-order chi connectivity index (χ1) is 15.0. The zero-order chi connectivity index (χ0) is 21.8. The van der Waals surface area contributed by atoms with Gasteiger partial charge in [0.1, 0.15) is 11.2 Å². The number of amides is 2. The Kier molecular flexibility index (Phi) is 5.75. The summed E-state index contributed by atoms with van der Waals surface area (Å²) < 4.78 is 0. The molecule has 3 heterocycles. The molecule has 1 aliphatic rings. The number of carbonyl (C=O) groups excluding carboxylic acids is 2. The molecule has 1 aliphatic heterocycles. The lowest BCUT2D eigenvalue weighted by atomic mass is 9.83. The maximum Gasteiger partial charge on any atom is 0.274 e. The van der Waals surface area contributed by atoms with Gasteiger partial charge in [0.2, 0.25) is 5.91 Å². The van der Waals surface area contributed by atoms with Crippen molar-refractivity contribution in [3.05, 3.63) is 78.6 Å². The molecular weight excluding hydrogens is 390 g/mol. The Balaban J connectivity index is 1.78. The molecule has 0 aliphatic carbocycles. The number of rotatable bonds is 5. The lowest BCUT2D eigenvalue weighted by Crippen LogP contribution is -2.58. The average Bonchev–Trinajstić information content (AvgIpc) is 3.24. The molecule has 0 N–H and O–H groups in total. The molecule has 0 radical (unpaired) electrons. The number of likely N-dealkylation sites (tertiary alicyclic amines) is 1. The fraction of sp³-hybridized carbons (Fsp3) is 0.292. The molecule has 1 fully saturated rings. The molecule has 1 atom stereocenters. The van der Waals surface area contributed by atoms with Crippen molar-refractivity contribution in [2.45, 2.75) is 24.8 Å². The molecule has 0 saturated carbocycles. The van der Waals surface area contributed by atoms with Gasteiger partial charge in [-0.3, -0.25) is 19.6 Å². The van der Waals surface area contributed by atoms with E-state index in [1.807, 2.05) is 36.4 Å². The van der Waals surface area contributed by atoms with Crippen LogP contribution < -0.4 is 0 Å². The number of hydrogen-bond donors (Lipinski definition) is 0. The summed E-state index contributed by atoms with van der Waals surface area (Å²) in [5, 5.41) is 0. The third-order valence-electron chi connectivity index (χ3n) is 5.81. The van der Waals surface area contributed by atoms with Crippen LogP contribution in [0.4, 0.5) is 0 Å². The molecule has 1 saturated heterocycles. The third kappa shape index (κ3) is 3.91. The highest BCUT2D eigenvalue weighted by Gasteiger charge is 2.51. The second-order valence-corrected chi connectivity index (χ2v) is 7.95. The van der Waals surface area contributed by atoms with Crippen LogP contribution in [0.25, 0.3) is 11.1 Å². The van der Waals surface area contributed by atoms with E-state index in [9.17, 15) is 9.59 Å². The quantitative estimate of drug-likeness (QED) is 0.640. The molecule has 31 heavy (non-hydrogen) atoms. The van der Waals surface area contributed by atoms with Gasteiger partial charge in [0, 0.05) is 51.8 Å². The van der Waals surface area contributed by atoms with Crippen LogP contribution in [0.2, 0.25) is 0 Å². The van der Waals surface area contributed by atoms with E-state index in [1.165, 1.54) is 18.6 Å². The minimum Gasteiger partial charge on any atom is -0.347 e. The van der Waals surface area contributed by atoms with Crippen molar-refractivity contribution in [2.75, 3.05) is 20.6 Å². The first-order valence-electron chi connectivity index (χ1n) is 10.3. The first kappa shape index (κ1) is 20.7. The van der Waals surface area contributed by atoms with Crippen LogP contribution >= 0.6 is 0 Å². The highest BCUT2D eigenvalue weighted by molar-refractivity contribution is 5.98. The predicted octanol–water partition coefficient (Wildman–Crippen LogP) is 2.84. The van der Waals surface area contributed by atoms with Crippen LogP contribution in [0.3, 0.4) is 0 Å². The molecule has 1 aromatic carbocycles. The van der Waals surface area contributed by atoms with E-state index < -0.39 is 5.54 Å². The van der Waals surface area contributed by atoms with Crippen molar-refractivity contribution in [3.8, 4) is 11.1 Å². The van der Waals surface area contributed by atoms with E-state index in [1.54, 1.807) is 36.3 Å². The smallest absolute Gasteiger partial charge is 0.274 e. The van der Waals surface area contributed by atoms with Crippen LogP contribution in [0.1, 0.15) is 28.9 Å². The van der Waals surface area contributed by atoms with Gasteiger partial charge < -0.3 is 9.80 Å². The number of hydrogen-bond acceptors (Lipinski definition) is 5. The van der Waals surface area contributed by atoms with Crippen molar-refractivity contribution in [1.29, 1.82) is 0 Å². The van der Waals surface area contributed by atoms with Crippen LogP contribution in [-0.2, 0) is 11.2 Å². The van der Waals surface area contributed by atoms with Crippen LogP contribution in [-0.4, -0.2) is 62.7 Å². The van der Waals surface area contributed by atoms with Gasteiger partial charge in [0.05, 0.1) is 6.20 Å². The Morgan fingerprint density at radius 2 is 1.81 bits per heavy atom. The van der Waals surface area contributed by atoms with Gasteiger partial charge in [0.15, 0.2) is 0 Å². The second-order valence-electron chi connectivity index (χ2n) is 7.95. The van der Waals surface area contributed by atoms with Gasteiger partial charge in [-0.25, -0.2) is 4.98 Å². The van der Waals surface area contributed by atoms with Gasteiger partial charge in [-0.1, -0.05) is 24.3 Å². The molecule has 2 amide bonds.